The molecule has 0 N–H and O–H groups in total. The Hall–Kier alpha value is -1.15. The van der Waals surface area contributed by atoms with Crippen LogP contribution in [0, 0.1) is 11.3 Å². The van der Waals surface area contributed by atoms with Crippen molar-refractivity contribution in [2.75, 3.05) is 7.11 Å². The molecule has 4 rings (SSSR count). The molecular weight excluding hydrogens is 236 g/mol. The molecule has 0 aromatic heterocycles. The van der Waals surface area contributed by atoms with Crippen molar-refractivity contribution in [2.45, 2.75) is 44.6 Å². The van der Waals surface area contributed by atoms with Crippen LogP contribution in [0.1, 0.15) is 44.6 Å². The predicted octanol–water partition coefficient (Wildman–Crippen LogP) is 3.56. The largest absolute Gasteiger partial charge is 0.378 e. The van der Waals surface area contributed by atoms with Crippen molar-refractivity contribution in [3.8, 4) is 0 Å². The van der Waals surface area contributed by atoms with Gasteiger partial charge in [-0.1, -0.05) is 37.3 Å². The van der Waals surface area contributed by atoms with Crippen molar-refractivity contribution in [1.29, 1.82) is 0 Å². The molecule has 0 radical (unpaired) electrons. The molecule has 2 bridgehead atoms. The second kappa shape index (κ2) is 4.17. The van der Waals surface area contributed by atoms with Gasteiger partial charge in [-0.15, -0.1) is 0 Å². The smallest absolute Gasteiger partial charge is 0.139 e. The number of hydrogen-bond donors (Lipinski definition) is 0. The average molecular weight is 258 g/mol. The number of benzene rings is 1. The van der Waals surface area contributed by atoms with Gasteiger partial charge in [0.2, 0.25) is 0 Å². The summed E-state index contributed by atoms with van der Waals surface area (Å²) < 4.78 is 5.76. The van der Waals surface area contributed by atoms with E-state index in [9.17, 15) is 4.79 Å². The molecule has 0 amide bonds. The summed E-state index contributed by atoms with van der Waals surface area (Å²) in [6.45, 7) is 4.31. The molecule has 0 saturated heterocycles. The molecule has 0 unspecified atom stereocenters. The summed E-state index contributed by atoms with van der Waals surface area (Å²) in [5.74, 6) is 1.13. The summed E-state index contributed by atoms with van der Waals surface area (Å²) >= 11 is 0. The molecule has 2 heteroatoms. The van der Waals surface area contributed by atoms with E-state index in [0.717, 1.165) is 12.8 Å². The molecule has 0 aliphatic heterocycles. The lowest BCUT2D eigenvalue weighted by molar-refractivity contribution is -0.170. The SMILES string of the molecule is CO[C@]1(C)C[C@]2(C)C(=O)C[C@H]1C[C@@H]2c1ccccc1. The number of fused-ring (bicyclic) bond motifs is 3. The van der Waals surface area contributed by atoms with Gasteiger partial charge in [-0.3, -0.25) is 4.79 Å². The number of carbonyl (C=O) groups is 1. The normalized spacial score (nSPS) is 41.5. The summed E-state index contributed by atoms with van der Waals surface area (Å²) in [5, 5.41) is 0. The molecule has 3 aliphatic carbocycles. The van der Waals surface area contributed by atoms with Gasteiger partial charge >= 0.3 is 0 Å². The molecule has 4 atom stereocenters. The maximum Gasteiger partial charge on any atom is 0.139 e. The fourth-order valence-electron chi connectivity index (χ4n) is 4.27. The lowest BCUT2D eigenvalue weighted by Crippen LogP contribution is -2.58. The first kappa shape index (κ1) is 12.9. The maximum absolute atomic E-state index is 12.5. The van der Waals surface area contributed by atoms with Crippen molar-refractivity contribution in [3.63, 3.8) is 0 Å². The quantitative estimate of drug-likeness (QED) is 0.810. The lowest BCUT2D eigenvalue weighted by atomic mass is 9.49. The van der Waals surface area contributed by atoms with Gasteiger partial charge in [0.1, 0.15) is 5.78 Å². The van der Waals surface area contributed by atoms with Crippen molar-refractivity contribution < 1.29 is 9.53 Å². The van der Waals surface area contributed by atoms with Gasteiger partial charge in [0.25, 0.3) is 0 Å². The minimum absolute atomic E-state index is 0.131. The first-order chi connectivity index (χ1) is 8.99. The molecular formula is C17H22O2. The number of Topliss-reactive ketones (excluding diaryl/α,β-unsaturated/α-hetero) is 1. The zero-order chi connectivity index (χ0) is 13.7. The number of ether oxygens (including phenoxy) is 1. The number of carbonyl (C=O) groups excluding carboxylic acids is 1. The third-order valence-electron chi connectivity index (χ3n) is 5.61. The van der Waals surface area contributed by atoms with E-state index in [4.69, 9.17) is 4.74 Å². The van der Waals surface area contributed by atoms with Crippen molar-refractivity contribution in [3.05, 3.63) is 35.9 Å². The van der Waals surface area contributed by atoms with Gasteiger partial charge in [0, 0.05) is 18.9 Å². The van der Waals surface area contributed by atoms with Crippen LogP contribution in [0.3, 0.4) is 0 Å². The van der Waals surface area contributed by atoms with Crippen LogP contribution < -0.4 is 0 Å². The topological polar surface area (TPSA) is 26.3 Å². The van der Waals surface area contributed by atoms with Gasteiger partial charge in [-0.2, -0.15) is 0 Å². The Morgan fingerprint density at radius 2 is 1.89 bits per heavy atom. The van der Waals surface area contributed by atoms with Gasteiger partial charge in [0.05, 0.1) is 5.60 Å². The van der Waals surface area contributed by atoms with Crippen LogP contribution in [-0.2, 0) is 9.53 Å². The third-order valence-corrected chi connectivity index (χ3v) is 5.61. The van der Waals surface area contributed by atoms with E-state index in [-0.39, 0.29) is 11.0 Å². The van der Waals surface area contributed by atoms with Crippen LogP contribution in [0.15, 0.2) is 30.3 Å². The maximum atomic E-state index is 12.5. The second-order valence-corrected chi connectivity index (χ2v) is 6.63. The Kier molecular flexibility index (Phi) is 2.82. The highest BCUT2D eigenvalue weighted by Gasteiger charge is 2.59. The van der Waals surface area contributed by atoms with Crippen LogP contribution in [0.25, 0.3) is 0 Å². The van der Waals surface area contributed by atoms with E-state index in [0.29, 0.717) is 24.0 Å². The first-order valence-corrected chi connectivity index (χ1v) is 7.13. The molecule has 1 aromatic rings. The van der Waals surface area contributed by atoms with E-state index in [1.165, 1.54) is 5.56 Å². The van der Waals surface area contributed by atoms with Crippen LogP contribution in [0.2, 0.25) is 0 Å². The molecule has 2 nitrogen and oxygen atoms in total. The fraction of sp³-hybridized carbons (Fsp3) is 0.588. The van der Waals surface area contributed by atoms with E-state index in [1.807, 2.05) is 6.07 Å². The van der Waals surface area contributed by atoms with E-state index in [2.05, 4.69) is 38.1 Å². The highest BCUT2D eigenvalue weighted by Crippen LogP contribution is 2.60. The minimum atomic E-state index is -0.263. The Morgan fingerprint density at radius 3 is 2.53 bits per heavy atom. The summed E-state index contributed by atoms with van der Waals surface area (Å²) in [4.78, 5) is 12.5. The number of rotatable bonds is 2. The molecule has 102 valence electrons. The molecule has 0 heterocycles. The zero-order valence-corrected chi connectivity index (χ0v) is 12.0. The number of methoxy groups -OCH3 is 1. The van der Waals surface area contributed by atoms with Crippen LogP contribution >= 0.6 is 0 Å². The highest BCUT2D eigenvalue weighted by atomic mass is 16.5. The van der Waals surface area contributed by atoms with E-state index >= 15 is 0 Å². The standard InChI is InChI=1S/C17H22O2/c1-16-11-17(2,19-3)13(10-15(16)18)9-14(16)12-7-5-4-6-8-12/h4-8,13-14H,9-11H2,1-3H3/t13-,14-,16+,17-/m1/s1. The summed E-state index contributed by atoms with van der Waals surface area (Å²) in [6, 6.07) is 10.5. The number of hydrogen-bond acceptors (Lipinski definition) is 2. The minimum Gasteiger partial charge on any atom is -0.378 e. The third kappa shape index (κ3) is 1.77. The van der Waals surface area contributed by atoms with Crippen molar-refractivity contribution >= 4 is 5.78 Å². The highest BCUT2D eigenvalue weighted by molar-refractivity contribution is 5.88. The van der Waals surface area contributed by atoms with Crippen molar-refractivity contribution in [1.82, 2.24) is 0 Å². The molecule has 3 fully saturated rings. The van der Waals surface area contributed by atoms with Crippen molar-refractivity contribution in [2.24, 2.45) is 11.3 Å². The van der Waals surface area contributed by atoms with Gasteiger partial charge in [-0.25, -0.2) is 0 Å². The lowest BCUT2D eigenvalue weighted by Gasteiger charge is -2.57. The van der Waals surface area contributed by atoms with Gasteiger partial charge in [0.15, 0.2) is 0 Å². The Bertz CT molecular complexity index is 495. The van der Waals surface area contributed by atoms with Gasteiger partial charge in [-0.05, 0) is 37.2 Å². The monoisotopic (exact) mass is 258 g/mol. The Labute approximate surface area is 115 Å². The average Bonchev–Trinajstić information content (AvgIpc) is 2.41. The second-order valence-electron chi connectivity index (χ2n) is 6.63. The molecule has 1 aromatic carbocycles. The van der Waals surface area contributed by atoms with E-state index in [1.54, 1.807) is 7.11 Å². The molecule has 19 heavy (non-hydrogen) atoms. The van der Waals surface area contributed by atoms with Crippen LogP contribution in [0.5, 0.6) is 0 Å². The van der Waals surface area contributed by atoms with Crippen LogP contribution in [0.4, 0.5) is 0 Å². The summed E-state index contributed by atoms with van der Waals surface area (Å²) in [7, 11) is 1.78. The Balaban J connectivity index is 2.01. The fourth-order valence-corrected chi connectivity index (χ4v) is 4.27. The number of ketones is 1. The zero-order valence-electron chi connectivity index (χ0n) is 12.0. The summed E-state index contributed by atoms with van der Waals surface area (Å²) in [5.41, 5.74) is 0.913. The Morgan fingerprint density at radius 1 is 1.21 bits per heavy atom. The first-order valence-electron chi connectivity index (χ1n) is 7.13. The van der Waals surface area contributed by atoms with E-state index < -0.39 is 0 Å². The molecule has 3 saturated carbocycles. The molecule has 0 spiro atoms. The van der Waals surface area contributed by atoms with Gasteiger partial charge < -0.3 is 4.74 Å². The predicted molar refractivity (Wildman–Crippen MR) is 75.1 cm³/mol. The summed E-state index contributed by atoms with van der Waals surface area (Å²) in [6.07, 6.45) is 2.60. The molecule has 3 aliphatic rings. The van der Waals surface area contributed by atoms with Crippen LogP contribution in [-0.4, -0.2) is 18.5 Å².